The van der Waals surface area contributed by atoms with Crippen molar-refractivity contribution in [3.05, 3.63) is 64.1 Å². The van der Waals surface area contributed by atoms with Crippen LogP contribution in [0.15, 0.2) is 47.3 Å². The predicted octanol–water partition coefficient (Wildman–Crippen LogP) is 1.82. The smallest absolute Gasteiger partial charge is 0.271 e. The summed E-state index contributed by atoms with van der Waals surface area (Å²) in [6.07, 6.45) is 1.12. The molecule has 25 heavy (non-hydrogen) atoms. The number of rotatable bonds is 8. The molecular weight excluding hydrogens is 318 g/mol. The molecule has 0 aliphatic heterocycles. The number of nitrogens with one attached hydrogen (secondary N) is 1. The van der Waals surface area contributed by atoms with Crippen molar-refractivity contribution in [3.63, 3.8) is 0 Å². The summed E-state index contributed by atoms with van der Waals surface area (Å²) in [4.78, 5) is 24.2. The lowest BCUT2D eigenvalue weighted by atomic mass is 9.96. The fraction of sp³-hybridized carbons (Fsp3) is 0.421. The van der Waals surface area contributed by atoms with E-state index in [1.165, 1.54) is 16.8 Å². The summed E-state index contributed by atoms with van der Waals surface area (Å²) in [7, 11) is 0. The Bertz CT molecular complexity index is 739. The van der Waals surface area contributed by atoms with Gasteiger partial charge in [-0.05, 0) is 17.5 Å². The van der Waals surface area contributed by atoms with Crippen LogP contribution in [0.4, 0.5) is 0 Å². The van der Waals surface area contributed by atoms with Crippen LogP contribution in [-0.4, -0.2) is 33.4 Å². The number of carbonyl (C=O) groups is 1. The maximum atomic E-state index is 12.3. The lowest BCUT2D eigenvalue weighted by Crippen LogP contribution is -2.37. The normalized spacial score (nSPS) is 12.2. The SMILES string of the molecule is CCC(CC)C(O)CNC(=O)c1ccc(=O)n(Cc2ccccc2)n1. The Kier molecular flexibility index (Phi) is 6.89. The number of amides is 1. The summed E-state index contributed by atoms with van der Waals surface area (Å²) in [6, 6.07) is 12.2. The number of aliphatic hydroxyl groups excluding tert-OH is 1. The van der Waals surface area contributed by atoms with Gasteiger partial charge in [0.1, 0.15) is 5.69 Å². The highest BCUT2D eigenvalue weighted by Gasteiger charge is 2.17. The van der Waals surface area contributed by atoms with E-state index in [1.807, 2.05) is 44.2 Å². The van der Waals surface area contributed by atoms with Gasteiger partial charge in [-0.25, -0.2) is 4.68 Å². The highest BCUT2D eigenvalue weighted by molar-refractivity contribution is 5.92. The van der Waals surface area contributed by atoms with E-state index in [4.69, 9.17) is 0 Å². The predicted molar refractivity (Wildman–Crippen MR) is 96.5 cm³/mol. The van der Waals surface area contributed by atoms with Crippen molar-refractivity contribution in [2.45, 2.75) is 39.3 Å². The van der Waals surface area contributed by atoms with Crippen LogP contribution in [0.25, 0.3) is 0 Å². The summed E-state index contributed by atoms with van der Waals surface area (Å²) in [5.74, 6) is -0.243. The Labute approximate surface area is 147 Å². The molecule has 6 nitrogen and oxygen atoms in total. The fourth-order valence-electron chi connectivity index (χ4n) is 2.73. The number of benzene rings is 1. The first kappa shape index (κ1) is 18.9. The molecule has 2 aromatic rings. The molecule has 0 aliphatic rings. The van der Waals surface area contributed by atoms with Crippen LogP contribution in [0, 0.1) is 5.92 Å². The molecule has 0 saturated carbocycles. The van der Waals surface area contributed by atoms with Crippen LogP contribution in [0.3, 0.4) is 0 Å². The number of hydrogen-bond acceptors (Lipinski definition) is 4. The molecule has 1 amide bonds. The molecule has 2 N–H and O–H groups in total. The third kappa shape index (κ3) is 5.26. The first-order chi connectivity index (χ1) is 12.0. The summed E-state index contributed by atoms with van der Waals surface area (Å²) in [6.45, 7) is 4.50. The molecule has 6 heteroatoms. The largest absolute Gasteiger partial charge is 0.391 e. The molecule has 2 rings (SSSR count). The zero-order valence-electron chi connectivity index (χ0n) is 14.7. The van der Waals surface area contributed by atoms with Crippen LogP contribution in [0.5, 0.6) is 0 Å². The van der Waals surface area contributed by atoms with Crippen molar-refractivity contribution < 1.29 is 9.90 Å². The Hall–Kier alpha value is -2.47. The summed E-state index contributed by atoms with van der Waals surface area (Å²) < 4.78 is 1.27. The molecule has 1 heterocycles. The van der Waals surface area contributed by atoms with Gasteiger partial charge >= 0.3 is 0 Å². The van der Waals surface area contributed by atoms with E-state index in [-0.39, 0.29) is 23.7 Å². The lowest BCUT2D eigenvalue weighted by molar-refractivity contribution is 0.0811. The van der Waals surface area contributed by atoms with Crippen LogP contribution in [0.2, 0.25) is 0 Å². The van der Waals surface area contributed by atoms with Crippen molar-refractivity contribution in [2.75, 3.05) is 6.54 Å². The molecule has 0 aliphatic carbocycles. The van der Waals surface area contributed by atoms with Gasteiger partial charge in [0, 0.05) is 12.6 Å². The minimum absolute atomic E-state index is 0.153. The number of hydrogen-bond donors (Lipinski definition) is 2. The van der Waals surface area contributed by atoms with E-state index in [1.54, 1.807) is 0 Å². The van der Waals surface area contributed by atoms with Crippen molar-refractivity contribution in [3.8, 4) is 0 Å². The molecule has 0 saturated heterocycles. The maximum absolute atomic E-state index is 12.3. The van der Waals surface area contributed by atoms with E-state index in [0.717, 1.165) is 18.4 Å². The number of aromatic nitrogens is 2. The molecule has 134 valence electrons. The lowest BCUT2D eigenvalue weighted by Gasteiger charge is -2.20. The first-order valence-electron chi connectivity index (χ1n) is 8.63. The van der Waals surface area contributed by atoms with E-state index in [0.29, 0.717) is 6.54 Å². The van der Waals surface area contributed by atoms with Crippen LogP contribution >= 0.6 is 0 Å². The Morgan fingerprint density at radius 3 is 2.48 bits per heavy atom. The van der Waals surface area contributed by atoms with Crippen molar-refractivity contribution in [1.29, 1.82) is 0 Å². The van der Waals surface area contributed by atoms with Gasteiger partial charge in [0.25, 0.3) is 11.5 Å². The van der Waals surface area contributed by atoms with Crippen molar-refractivity contribution in [1.82, 2.24) is 15.1 Å². The van der Waals surface area contributed by atoms with Gasteiger partial charge in [-0.1, -0.05) is 57.0 Å². The van der Waals surface area contributed by atoms with Gasteiger partial charge in [0.15, 0.2) is 0 Å². The van der Waals surface area contributed by atoms with Gasteiger partial charge in [0.2, 0.25) is 0 Å². The summed E-state index contributed by atoms with van der Waals surface area (Å²) in [5.41, 5.74) is 0.823. The molecule has 0 radical (unpaired) electrons. The zero-order valence-corrected chi connectivity index (χ0v) is 14.7. The van der Waals surface area contributed by atoms with Gasteiger partial charge in [-0.3, -0.25) is 9.59 Å². The van der Waals surface area contributed by atoms with Crippen LogP contribution < -0.4 is 10.9 Å². The number of nitrogens with zero attached hydrogens (tertiary/aromatic N) is 2. The van der Waals surface area contributed by atoms with Gasteiger partial charge in [-0.2, -0.15) is 5.10 Å². The Morgan fingerprint density at radius 2 is 1.84 bits per heavy atom. The minimum atomic E-state index is -0.589. The third-order valence-electron chi connectivity index (χ3n) is 4.34. The second-order valence-electron chi connectivity index (χ2n) is 6.05. The number of carbonyl (C=O) groups excluding carboxylic acids is 1. The second kappa shape index (κ2) is 9.13. The number of aliphatic hydroxyl groups is 1. The Morgan fingerprint density at radius 1 is 1.16 bits per heavy atom. The first-order valence-corrected chi connectivity index (χ1v) is 8.63. The molecule has 1 unspecified atom stereocenters. The van der Waals surface area contributed by atoms with E-state index < -0.39 is 12.0 Å². The molecule has 0 fully saturated rings. The average Bonchev–Trinajstić information content (AvgIpc) is 2.63. The third-order valence-corrected chi connectivity index (χ3v) is 4.34. The molecule has 0 spiro atoms. The van der Waals surface area contributed by atoms with Gasteiger partial charge in [0.05, 0.1) is 12.6 Å². The molecule has 1 aromatic heterocycles. The van der Waals surface area contributed by atoms with E-state index in [2.05, 4.69) is 10.4 Å². The van der Waals surface area contributed by atoms with Crippen molar-refractivity contribution in [2.24, 2.45) is 5.92 Å². The average molecular weight is 343 g/mol. The molecular formula is C19H25N3O3. The standard InChI is InChI=1S/C19H25N3O3/c1-3-15(4-2)17(23)12-20-19(25)16-10-11-18(24)22(21-16)13-14-8-6-5-7-9-14/h5-11,15,17,23H,3-4,12-13H2,1-2H3,(H,20,25). The van der Waals surface area contributed by atoms with E-state index in [9.17, 15) is 14.7 Å². The quantitative estimate of drug-likeness (QED) is 0.766. The topological polar surface area (TPSA) is 84.2 Å². The second-order valence-corrected chi connectivity index (χ2v) is 6.05. The van der Waals surface area contributed by atoms with Gasteiger partial charge in [-0.15, -0.1) is 0 Å². The van der Waals surface area contributed by atoms with Crippen LogP contribution in [-0.2, 0) is 6.54 Å². The monoisotopic (exact) mass is 343 g/mol. The summed E-state index contributed by atoms with van der Waals surface area (Å²) in [5, 5.41) is 16.9. The zero-order chi connectivity index (χ0) is 18.2. The highest BCUT2D eigenvalue weighted by atomic mass is 16.3. The van der Waals surface area contributed by atoms with Gasteiger partial charge < -0.3 is 10.4 Å². The minimum Gasteiger partial charge on any atom is -0.391 e. The highest BCUT2D eigenvalue weighted by Crippen LogP contribution is 2.12. The Balaban J connectivity index is 2.05. The van der Waals surface area contributed by atoms with Crippen LogP contribution in [0.1, 0.15) is 42.7 Å². The van der Waals surface area contributed by atoms with Crippen molar-refractivity contribution >= 4 is 5.91 Å². The summed E-state index contributed by atoms with van der Waals surface area (Å²) >= 11 is 0. The molecule has 1 aromatic carbocycles. The maximum Gasteiger partial charge on any atom is 0.271 e. The molecule has 1 atom stereocenters. The fourth-order valence-corrected chi connectivity index (χ4v) is 2.73. The van der Waals surface area contributed by atoms with E-state index >= 15 is 0 Å². The molecule has 0 bridgehead atoms.